The van der Waals surface area contributed by atoms with E-state index in [0.717, 1.165) is 30.0 Å². The molecule has 0 bridgehead atoms. The second-order valence-electron chi connectivity index (χ2n) is 5.81. The van der Waals surface area contributed by atoms with E-state index in [9.17, 15) is 4.79 Å². The third-order valence-electron chi connectivity index (χ3n) is 4.00. The Hall–Kier alpha value is -1.60. The number of amides is 2. The molecule has 1 unspecified atom stereocenters. The van der Waals surface area contributed by atoms with Crippen molar-refractivity contribution in [1.82, 2.24) is 10.1 Å². The molecule has 122 valence electrons. The van der Waals surface area contributed by atoms with Gasteiger partial charge in [0.25, 0.3) is 0 Å². The first-order chi connectivity index (χ1) is 10.7. The number of nitrogens with zero attached hydrogens (tertiary/aromatic N) is 2. The van der Waals surface area contributed by atoms with Gasteiger partial charge in [-0.25, -0.2) is 4.79 Å². The minimum absolute atomic E-state index is 0.0640. The van der Waals surface area contributed by atoms with Gasteiger partial charge in [0.2, 0.25) is 0 Å². The molecule has 1 N–H and O–H groups in total. The van der Waals surface area contributed by atoms with Gasteiger partial charge in [0.1, 0.15) is 11.4 Å². The van der Waals surface area contributed by atoms with Gasteiger partial charge in [-0.05, 0) is 26.7 Å². The second kappa shape index (κ2) is 6.66. The van der Waals surface area contributed by atoms with Crippen LogP contribution >= 0.6 is 0 Å². The summed E-state index contributed by atoms with van der Waals surface area (Å²) in [4.78, 5) is 14.2. The maximum absolute atomic E-state index is 12.5. The van der Waals surface area contributed by atoms with E-state index in [1.165, 1.54) is 0 Å². The number of anilines is 1. The Bertz CT molecular complexity index is 527. The van der Waals surface area contributed by atoms with Crippen LogP contribution in [0, 0.1) is 6.92 Å². The highest BCUT2D eigenvalue weighted by Gasteiger charge is 2.33. The van der Waals surface area contributed by atoms with Crippen LogP contribution in [0.1, 0.15) is 37.1 Å². The first kappa shape index (κ1) is 15.3. The Morgan fingerprint density at radius 2 is 2.32 bits per heavy atom. The lowest BCUT2D eigenvalue weighted by Crippen LogP contribution is -2.48. The Kier molecular flexibility index (Phi) is 4.63. The van der Waals surface area contributed by atoms with E-state index in [1.54, 1.807) is 4.90 Å². The molecule has 0 radical (unpaired) electrons. The van der Waals surface area contributed by atoms with Gasteiger partial charge in [0.15, 0.2) is 5.76 Å². The van der Waals surface area contributed by atoms with Crippen LogP contribution in [0.25, 0.3) is 0 Å². The summed E-state index contributed by atoms with van der Waals surface area (Å²) in [6.07, 6.45) is 2.14. The third kappa shape index (κ3) is 3.41. The maximum atomic E-state index is 12.5. The molecule has 7 nitrogen and oxygen atoms in total. The average molecular weight is 309 g/mol. The van der Waals surface area contributed by atoms with Crippen molar-refractivity contribution in [3.8, 4) is 0 Å². The van der Waals surface area contributed by atoms with Crippen LogP contribution in [-0.2, 0) is 9.47 Å². The minimum Gasteiger partial charge on any atom is -0.379 e. The average Bonchev–Trinajstić information content (AvgIpc) is 3.31. The number of carbonyl (C=O) groups is 1. The predicted molar refractivity (Wildman–Crippen MR) is 80.0 cm³/mol. The van der Waals surface area contributed by atoms with E-state index in [2.05, 4.69) is 10.5 Å². The summed E-state index contributed by atoms with van der Waals surface area (Å²) >= 11 is 0. The fourth-order valence-corrected chi connectivity index (χ4v) is 2.60. The highest BCUT2D eigenvalue weighted by atomic mass is 16.5. The van der Waals surface area contributed by atoms with E-state index in [0.29, 0.717) is 38.8 Å². The van der Waals surface area contributed by atoms with E-state index in [-0.39, 0.29) is 12.1 Å². The van der Waals surface area contributed by atoms with Gasteiger partial charge in [-0.1, -0.05) is 5.16 Å². The van der Waals surface area contributed by atoms with E-state index in [1.807, 2.05) is 13.8 Å². The highest BCUT2D eigenvalue weighted by molar-refractivity contribution is 5.90. The number of morpholine rings is 1. The lowest BCUT2D eigenvalue weighted by atomic mass is 10.2. The van der Waals surface area contributed by atoms with Crippen molar-refractivity contribution in [1.29, 1.82) is 0 Å². The fourth-order valence-electron chi connectivity index (χ4n) is 2.60. The lowest BCUT2D eigenvalue weighted by molar-refractivity contribution is -0.0555. The molecule has 2 heterocycles. The molecule has 1 aromatic heterocycles. The molecule has 2 fully saturated rings. The van der Waals surface area contributed by atoms with Gasteiger partial charge in [0.05, 0.1) is 25.9 Å². The first-order valence-corrected chi connectivity index (χ1v) is 7.90. The van der Waals surface area contributed by atoms with Crippen LogP contribution in [-0.4, -0.2) is 55.1 Å². The number of hydrogen-bond donors (Lipinski definition) is 1. The fraction of sp³-hybridized carbons (Fsp3) is 0.733. The van der Waals surface area contributed by atoms with Crippen molar-refractivity contribution in [2.45, 2.75) is 38.7 Å². The first-order valence-electron chi connectivity index (χ1n) is 7.90. The molecule has 1 saturated carbocycles. The van der Waals surface area contributed by atoms with Gasteiger partial charge >= 0.3 is 6.03 Å². The second-order valence-corrected chi connectivity index (χ2v) is 5.81. The number of urea groups is 1. The molecule has 1 aliphatic heterocycles. The van der Waals surface area contributed by atoms with Crippen molar-refractivity contribution in [2.24, 2.45) is 0 Å². The zero-order chi connectivity index (χ0) is 15.5. The molecule has 1 saturated heterocycles. The van der Waals surface area contributed by atoms with Gasteiger partial charge < -0.3 is 24.2 Å². The maximum Gasteiger partial charge on any atom is 0.322 e. The molecule has 1 aromatic rings. The molecule has 22 heavy (non-hydrogen) atoms. The van der Waals surface area contributed by atoms with Crippen molar-refractivity contribution in [3.63, 3.8) is 0 Å². The van der Waals surface area contributed by atoms with Crippen LogP contribution in [0.15, 0.2) is 4.52 Å². The van der Waals surface area contributed by atoms with E-state index < -0.39 is 0 Å². The van der Waals surface area contributed by atoms with Crippen molar-refractivity contribution in [3.05, 3.63) is 11.5 Å². The summed E-state index contributed by atoms with van der Waals surface area (Å²) < 4.78 is 16.3. The Morgan fingerprint density at radius 3 is 3.05 bits per heavy atom. The van der Waals surface area contributed by atoms with Crippen molar-refractivity contribution >= 4 is 11.7 Å². The Morgan fingerprint density at radius 1 is 1.50 bits per heavy atom. The Labute approximate surface area is 129 Å². The number of carbonyl (C=O) groups excluding carboxylic acids is 1. The summed E-state index contributed by atoms with van der Waals surface area (Å²) in [6, 6.07) is -0.127. The van der Waals surface area contributed by atoms with E-state index in [4.69, 9.17) is 14.0 Å². The largest absolute Gasteiger partial charge is 0.379 e. The third-order valence-corrected chi connectivity index (χ3v) is 4.00. The van der Waals surface area contributed by atoms with Gasteiger partial charge in [-0.3, -0.25) is 0 Å². The summed E-state index contributed by atoms with van der Waals surface area (Å²) in [6.45, 7) is 6.61. The molecule has 1 atom stereocenters. The molecule has 3 rings (SSSR count). The smallest absolute Gasteiger partial charge is 0.322 e. The zero-order valence-electron chi connectivity index (χ0n) is 13.1. The van der Waals surface area contributed by atoms with Crippen LogP contribution in [0.5, 0.6) is 0 Å². The van der Waals surface area contributed by atoms with Crippen LogP contribution in [0.2, 0.25) is 0 Å². The molecule has 0 spiro atoms. The number of aromatic nitrogens is 1. The van der Waals surface area contributed by atoms with Crippen LogP contribution < -0.4 is 5.32 Å². The summed E-state index contributed by atoms with van der Waals surface area (Å²) in [5, 5.41) is 6.94. The molecular weight excluding hydrogens is 286 g/mol. The molecular formula is C15H23N3O4. The number of hydrogen-bond acceptors (Lipinski definition) is 5. The SMILES string of the molecule is CCOCC1CN(C(=O)Nc2c(C)noc2C2CC2)CCO1. The molecule has 1 aliphatic carbocycles. The predicted octanol–water partition coefficient (Wildman–Crippen LogP) is 2.13. The number of rotatable bonds is 5. The highest BCUT2D eigenvalue weighted by Crippen LogP contribution is 2.44. The zero-order valence-corrected chi connectivity index (χ0v) is 13.1. The lowest BCUT2D eigenvalue weighted by Gasteiger charge is -2.32. The topological polar surface area (TPSA) is 76.8 Å². The molecule has 2 amide bonds. The summed E-state index contributed by atoms with van der Waals surface area (Å²) in [5.74, 6) is 1.22. The van der Waals surface area contributed by atoms with Gasteiger partial charge in [-0.2, -0.15) is 0 Å². The quantitative estimate of drug-likeness (QED) is 0.901. The molecule has 2 aliphatic rings. The Balaban J connectivity index is 1.60. The van der Waals surface area contributed by atoms with Crippen molar-refractivity contribution in [2.75, 3.05) is 38.2 Å². The molecule has 7 heteroatoms. The summed E-state index contributed by atoms with van der Waals surface area (Å²) in [7, 11) is 0. The van der Waals surface area contributed by atoms with Crippen LogP contribution in [0.4, 0.5) is 10.5 Å². The monoisotopic (exact) mass is 309 g/mol. The van der Waals surface area contributed by atoms with Gasteiger partial charge in [0, 0.05) is 19.1 Å². The number of nitrogens with one attached hydrogen (secondary N) is 1. The minimum atomic E-state index is -0.127. The summed E-state index contributed by atoms with van der Waals surface area (Å²) in [5.41, 5.74) is 1.47. The van der Waals surface area contributed by atoms with E-state index >= 15 is 0 Å². The number of ether oxygens (including phenoxy) is 2. The van der Waals surface area contributed by atoms with Gasteiger partial charge in [-0.15, -0.1) is 0 Å². The molecule has 0 aromatic carbocycles. The van der Waals surface area contributed by atoms with Crippen molar-refractivity contribution < 1.29 is 18.8 Å². The standard InChI is InChI=1S/C15H23N3O4/c1-3-20-9-12-8-18(6-7-21-12)15(19)16-13-10(2)17-22-14(13)11-4-5-11/h11-12H,3-9H2,1-2H3,(H,16,19). The van der Waals surface area contributed by atoms with Crippen LogP contribution in [0.3, 0.4) is 0 Å². The normalized spacial score (nSPS) is 21.9. The number of aryl methyl sites for hydroxylation is 1.